The summed E-state index contributed by atoms with van der Waals surface area (Å²) >= 11 is 1.56. The van der Waals surface area contributed by atoms with Crippen LogP contribution >= 0.6 is 11.3 Å². The van der Waals surface area contributed by atoms with Gasteiger partial charge in [-0.2, -0.15) is 0 Å². The van der Waals surface area contributed by atoms with Gasteiger partial charge in [0.2, 0.25) is 0 Å². The van der Waals surface area contributed by atoms with Gasteiger partial charge in [0.25, 0.3) is 0 Å². The number of hydrogen-bond acceptors (Lipinski definition) is 3. The standard InChI is InChI=1S/C9H15NOS/c1-2-5-9(11,7-10)8-4-3-6-12-8/h3-4,6,11H,2,5,7,10H2,1H3. The van der Waals surface area contributed by atoms with Crippen molar-refractivity contribution in [2.24, 2.45) is 5.73 Å². The van der Waals surface area contributed by atoms with Gasteiger partial charge in [-0.3, -0.25) is 0 Å². The fourth-order valence-corrected chi connectivity index (χ4v) is 2.15. The molecule has 0 saturated carbocycles. The summed E-state index contributed by atoms with van der Waals surface area (Å²) in [5, 5.41) is 12.0. The molecule has 3 N–H and O–H groups in total. The SMILES string of the molecule is CCCC(O)(CN)c1cccs1. The normalized spacial score (nSPS) is 15.9. The van der Waals surface area contributed by atoms with Crippen molar-refractivity contribution in [3.8, 4) is 0 Å². The Hall–Kier alpha value is -0.380. The molecule has 0 amide bonds. The molecule has 3 heteroatoms. The molecule has 1 unspecified atom stereocenters. The number of nitrogens with two attached hydrogens (primary N) is 1. The average molecular weight is 185 g/mol. The van der Waals surface area contributed by atoms with Crippen molar-refractivity contribution < 1.29 is 5.11 Å². The van der Waals surface area contributed by atoms with Gasteiger partial charge in [-0.25, -0.2) is 0 Å². The Balaban J connectivity index is 2.80. The van der Waals surface area contributed by atoms with Crippen LogP contribution in [0.2, 0.25) is 0 Å². The molecule has 2 nitrogen and oxygen atoms in total. The van der Waals surface area contributed by atoms with Crippen molar-refractivity contribution in [2.75, 3.05) is 6.54 Å². The van der Waals surface area contributed by atoms with E-state index in [-0.39, 0.29) is 0 Å². The molecule has 1 rings (SSSR count). The summed E-state index contributed by atoms with van der Waals surface area (Å²) in [7, 11) is 0. The molecule has 0 aliphatic carbocycles. The van der Waals surface area contributed by atoms with E-state index in [1.165, 1.54) is 0 Å². The van der Waals surface area contributed by atoms with Crippen molar-refractivity contribution in [3.05, 3.63) is 22.4 Å². The van der Waals surface area contributed by atoms with Crippen LogP contribution in [-0.2, 0) is 5.60 Å². The van der Waals surface area contributed by atoms with E-state index in [2.05, 4.69) is 0 Å². The largest absolute Gasteiger partial charge is 0.383 e. The Bertz CT molecular complexity index is 222. The number of hydrogen-bond donors (Lipinski definition) is 2. The summed E-state index contributed by atoms with van der Waals surface area (Å²) in [5.41, 5.74) is 4.75. The minimum absolute atomic E-state index is 0.307. The predicted octanol–water partition coefficient (Wildman–Crippen LogP) is 1.69. The Morgan fingerprint density at radius 1 is 1.67 bits per heavy atom. The van der Waals surface area contributed by atoms with E-state index in [0.717, 1.165) is 17.7 Å². The molecule has 68 valence electrons. The lowest BCUT2D eigenvalue weighted by Crippen LogP contribution is -2.33. The molecule has 0 fully saturated rings. The molecule has 0 aliphatic rings. The fourth-order valence-electron chi connectivity index (χ4n) is 1.28. The average Bonchev–Trinajstić information content (AvgIpc) is 2.57. The third kappa shape index (κ3) is 1.86. The van der Waals surface area contributed by atoms with E-state index in [4.69, 9.17) is 5.73 Å². The Morgan fingerprint density at radius 2 is 2.42 bits per heavy atom. The first-order valence-corrected chi connectivity index (χ1v) is 5.07. The zero-order valence-corrected chi connectivity index (χ0v) is 8.10. The van der Waals surface area contributed by atoms with Gasteiger partial charge < -0.3 is 10.8 Å². The van der Waals surface area contributed by atoms with Gasteiger partial charge in [-0.05, 0) is 17.9 Å². The summed E-state index contributed by atoms with van der Waals surface area (Å²) in [6.45, 7) is 2.36. The molecule has 12 heavy (non-hydrogen) atoms. The zero-order chi connectivity index (χ0) is 9.03. The molecule has 0 aliphatic heterocycles. The molecule has 0 bridgehead atoms. The van der Waals surface area contributed by atoms with Crippen LogP contribution in [0.4, 0.5) is 0 Å². The highest BCUT2D eigenvalue weighted by molar-refractivity contribution is 7.10. The number of rotatable bonds is 4. The van der Waals surface area contributed by atoms with Gasteiger partial charge in [0.15, 0.2) is 0 Å². The molecule has 1 atom stereocenters. The Kier molecular flexibility index (Phi) is 3.26. The maximum absolute atomic E-state index is 10.1. The predicted molar refractivity (Wildman–Crippen MR) is 52.2 cm³/mol. The van der Waals surface area contributed by atoms with Gasteiger partial charge in [-0.15, -0.1) is 11.3 Å². The van der Waals surface area contributed by atoms with Crippen LogP contribution in [0.15, 0.2) is 17.5 Å². The lowest BCUT2D eigenvalue weighted by atomic mass is 9.96. The van der Waals surface area contributed by atoms with E-state index in [1.54, 1.807) is 11.3 Å². The summed E-state index contributed by atoms with van der Waals surface area (Å²) in [6, 6.07) is 3.88. The van der Waals surface area contributed by atoms with E-state index in [0.29, 0.717) is 6.54 Å². The van der Waals surface area contributed by atoms with Gasteiger partial charge in [-0.1, -0.05) is 19.4 Å². The van der Waals surface area contributed by atoms with Crippen LogP contribution in [-0.4, -0.2) is 11.7 Å². The third-order valence-corrected chi connectivity index (χ3v) is 3.04. The van der Waals surface area contributed by atoms with Crippen LogP contribution in [0.3, 0.4) is 0 Å². The molecule has 1 aromatic heterocycles. The molecular formula is C9H15NOS. The fraction of sp³-hybridized carbons (Fsp3) is 0.556. The van der Waals surface area contributed by atoms with Gasteiger partial charge in [0.05, 0.1) is 0 Å². The second-order valence-electron chi connectivity index (χ2n) is 2.96. The monoisotopic (exact) mass is 185 g/mol. The molecule has 1 heterocycles. The highest BCUT2D eigenvalue weighted by Crippen LogP contribution is 2.28. The molecule has 0 spiro atoms. The highest BCUT2D eigenvalue weighted by Gasteiger charge is 2.27. The Morgan fingerprint density at radius 3 is 2.83 bits per heavy atom. The minimum Gasteiger partial charge on any atom is -0.383 e. The van der Waals surface area contributed by atoms with Crippen molar-refractivity contribution in [3.63, 3.8) is 0 Å². The van der Waals surface area contributed by atoms with Crippen molar-refractivity contribution in [1.29, 1.82) is 0 Å². The summed E-state index contributed by atoms with van der Waals surface area (Å²) in [6.07, 6.45) is 1.69. The molecular weight excluding hydrogens is 170 g/mol. The van der Waals surface area contributed by atoms with Crippen LogP contribution < -0.4 is 5.73 Å². The first-order chi connectivity index (χ1) is 5.73. The minimum atomic E-state index is -0.789. The zero-order valence-electron chi connectivity index (χ0n) is 7.29. The van der Waals surface area contributed by atoms with Gasteiger partial charge in [0, 0.05) is 11.4 Å². The van der Waals surface area contributed by atoms with Crippen molar-refractivity contribution >= 4 is 11.3 Å². The molecule has 0 radical (unpaired) electrons. The topological polar surface area (TPSA) is 46.2 Å². The maximum atomic E-state index is 10.1. The molecule has 0 aromatic carbocycles. The van der Waals surface area contributed by atoms with E-state index in [9.17, 15) is 5.11 Å². The van der Waals surface area contributed by atoms with Crippen molar-refractivity contribution in [1.82, 2.24) is 0 Å². The van der Waals surface area contributed by atoms with Crippen LogP contribution in [0, 0.1) is 0 Å². The first-order valence-electron chi connectivity index (χ1n) is 4.19. The van der Waals surface area contributed by atoms with E-state index >= 15 is 0 Å². The molecule has 0 saturated heterocycles. The van der Waals surface area contributed by atoms with E-state index in [1.807, 2.05) is 24.4 Å². The molecule has 1 aromatic rings. The smallest absolute Gasteiger partial charge is 0.111 e. The third-order valence-electron chi connectivity index (χ3n) is 1.98. The highest BCUT2D eigenvalue weighted by atomic mass is 32.1. The van der Waals surface area contributed by atoms with E-state index < -0.39 is 5.60 Å². The van der Waals surface area contributed by atoms with Crippen molar-refractivity contribution in [2.45, 2.75) is 25.4 Å². The lowest BCUT2D eigenvalue weighted by Gasteiger charge is -2.24. The summed E-state index contributed by atoms with van der Waals surface area (Å²) < 4.78 is 0. The maximum Gasteiger partial charge on any atom is 0.111 e. The number of thiophene rings is 1. The van der Waals surface area contributed by atoms with Crippen LogP contribution in [0.1, 0.15) is 24.6 Å². The second kappa shape index (κ2) is 4.03. The summed E-state index contributed by atoms with van der Waals surface area (Å²) in [4.78, 5) is 0.979. The van der Waals surface area contributed by atoms with Gasteiger partial charge >= 0.3 is 0 Å². The number of aliphatic hydroxyl groups is 1. The quantitative estimate of drug-likeness (QED) is 0.750. The first kappa shape index (κ1) is 9.71. The summed E-state index contributed by atoms with van der Waals surface area (Å²) in [5.74, 6) is 0. The van der Waals surface area contributed by atoms with Crippen LogP contribution in [0.5, 0.6) is 0 Å². The van der Waals surface area contributed by atoms with Crippen LogP contribution in [0.25, 0.3) is 0 Å². The van der Waals surface area contributed by atoms with Gasteiger partial charge in [0.1, 0.15) is 5.60 Å². The second-order valence-corrected chi connectivity index (χ2v) is 3.91. The lowest BCUT2D eigenvalue weighted by molar-refractivity contribution is 0.0396. The Labute approximate surface area is 77.0 Å².